The number of hydrogen-bond donors (Lipinski definition) is 1. The zero-order chi connectivity index (χ0) is 22.6. The SMILES string of the molecule is C[C@@H](NC(=O)c1nn2c(C(F)(F)F)cc(-c3ccccc3)nc2c1Br)[C@H]1C[C@@H]2CC[C@@H]1C2. The smallest absolute Gasteiger partial charge is 0.348 e. The van der Waals surface area contributed by atoms with Gasteiger partial charge in [0.25, 0.3) is 5.91 Å². The second-order valence-electron chi connectivity index (χ2n) is 8.89. The summed E-state index contributed by atoms with van der Waals surface area (Å²) >= 11 is 3.29. The van der Waals surface area contributed by atoms with Crippen LogP contribution in [0.4, 0.5) is 13.2 Å². The molecule has 2 aliphatic carbocycles. The highest BCUT2D eigenvalue weighted by Gasteiger charge is 2.42. The van der Waals surface area contributed by atoms with Crippen molar-refractivity contribution in [3.8, 4) is 11.3 Å². The largest absolute Gasteiger partial charge is 0.433 e. The topological polar surface area (TPSA) is 59.3 Å². The first-order valence-electron chi connectivity index (χ1n) is 10.7. The Morgan fingerprint density at radius 3 is 2.59 bits per heavy atom. The van der Waals surface area contributed by atoms with Crippen LogP contribution in [0.15, 0.2) is 40.9 Å². The van der Waals surface area contributed by atoms with Crippen LogP contribution in [-0.4, -0.2) is 26.5 Å². The molecule has 2 saturated carbocycles. The third-order valence-corrected chi connectivity index (χ3v) is 7.63. The number of rotatable bonds is 4. The van der Waals surface area contributed by atoms with Crippen LogP contribution in [0, 0.1) is 17.8 Å². The van der Waals surface area contributed by atoms with E-state index in [0.29, 0.717) is 21.9 Å². The fourth-order valence-corrected chi connectivity index (χ4v) is 5.90. The Labute approximate surface area is 191 Å². The zero-order valence-corrected chi connectivity index (χ0v) is 18.9. The molecule has 1 aromatic carbocycles. The molecule has 0 spiro atoms. The second-order valence-corrected chi connectivity index (χ2v) is 9.68. The minimum atomic E-state index is -4.67. The molecule has 0 radical (unpaired) electrons. The summed E-state index contributed by atoms with van der Waals surface area (Å²) in [5.41, 5.74) is -0.417. The molecule has 0 aliphatic heterocycles. The number of nitrogens with zero attached hydrogens (tertiary/aromatic N) is 3. The summed E-state index contributed by atoms with van der Waals surface area (Å²) in [6.07, 6.45) is 0.0905. The molecule has 0 saturated heterocycles. The Balaban J connectivity index is 1.51. The Bertz CT molecular complexity index is 1180. The number of carbonyl (C=O) groups excluding carboxylic acids is 1. The third kappa shape index (κ3) is 3.70. The highest BCUT2D eigenvalue weighted by molar-refractivity contribution is 9.10. The molecular formula is C23H22BrF3N4O. The average molecular weight is 507 g/mol. The minimum Gasteiger partial charge on any atom is -0.348 e. The summed E-state index contributed by atoms with van der Waals surface area (Å²) in [5, 5.41) is 6.99. The molecule has 1 N–H and O–H groups in total. The Hall–Kier alpha value is -2.42. The average Bonchev–Trinajstić information content (AvgIpc) is 3.48. The number of aromatic nitrogens is 3. The molecule has 4 atom stereocenters. The molecule has 9 heteroatoms. The van der Waals surface area contributed by atoms with Crippen LogP contribution in [0.1, 0.15) is 48.8 Å². The van der Waals surface area contributed by atoms with Gasteiger partial charge in [0.15, 0.2) is 17.0 Å². The van der Waals surface area contributed by atoms with Crippen molar-refractivity contribution in [3.05, 3.63) is 52.3 Å². The normalized spacial score (nSPS) is 23.6. The molecule has 2 fully saturated rings. The fraction of sp³-hybridized carbons (Fsp3) is 0.435. The van der Waals surface area contributed by atoms with E-state index in [9.17, 15) is 18.0 Å². The van der Waals surface area contributed by atoms with Gasteiger partial charge in [0.1, 0.15) is 0 Å². The lowest BCUT2D eigenvalue weighted by Crippen LogP contribution is -2.40. The van der Waals surface area contributed by atoms with E-state index in [-0.39, 0.29) is 27.5 Å². The fourth-order valence-electron chi connectivity index (χ4n) is 5.38. The van der Waals surface area contributed by atoms with E-state index in [4.69, 9.17) is 0 Å². The molecule has 2 aliphatic rings. The van der Waals surface area contributed by atoms with Crippen LogP contribution in [-0.2, 0) is 6.18 Å². The molecule has 0 unspecified atom stereocenters. The first-order valence-corrected chi connectivity index (χ1v) is 11.5. The van der Waals surface area contributed by atoms with Gasteiger partial charge in [-0.25, -0.2) is 9.50 Å². The summed E-state index contributed by atoms with van der Waals surface area (Å²) < 4.78 is 42.4. The second kappa shape index (κ2) is 7.86. The molecule has 2 heterocycles. The van der Waals surface area contributed by atoms with E-state index in [0.717, 1.165) is 18.4 Å². The van der Waals surface area contributed by atoms with Gasteiger partial charge < -0.3 is 5.32 Å². The van der Waals surface area contributed by atoms with Crippen molar-refractivity contribution in [1.29, 1.82) is 0 Å². The van der Waals surface area contributed by atoms with E-state index in [1.807, 2.05) is 6.92 Å². The van der Waals surface area contributed by atoms with Gasteiger partial charge in [0, 0.05) is 11.6 Å². The van der Waals surface area contributed by atoms with Crippen LogP contribution in [0.5, 0.6) is 0 Å². The lowest BCUT2D eigenvalue weighted by molar-refractivity contribution is -0.142. The number of nitrogens with one attached hydrogen (secondary N) is 1. The molecule has 3 aromatic rings. The third-order valence-electron chi connectivity index (χ3n) is 6.90. The Kier molecular flexibility index (Phi) is 5.27. The van der Waals surface area contributed by atoms with E-state index in [1.54, 1.807) is 30.3 Å². The van der Waals surface area contributed by atoms with E-state index < -0.39 is 17.8 Å². The van der Waals surface area contributed by atoms with Crippen molar-refractivity contribution in [2.45, 2.75) is 44.8 Å². The number of halogens is 4. The van der Waals surface area contributed by atoms with E-state index >= 15 is 0 Å². The van der Waals surface area contributed by atoms with Crippen molar-refractivity contribution in [3.63, 3.8) is 0 Å². The highest BCUT2D eigenvalue weighted by Crippen LogP contribution is 2.49. The number of carbonyl (C=O) groups is 1. The van der Waals surface area contributed by atoms with Crippen molar-refractivity contribution >= 4 is 27.5 Å². The molecule has 168 valence electrons. The monoisotopic (exact) mass is 506 g/mol. The van der Waals surface area contributed by atoms with Crippen LogP contribution < -0.4 is 5.32 Å². The molecule has 32 heavy (non-hydrogen) atoms. The number of alkyl halides is 3. The number of benzene rings is 1. The van der Waals surface area contributed by atoms with Crippen molar-refractivity contribution < 1.29 is 18.0 Å². The van der Waals surface area contributed by atoms with Crippen molar-refractivity contribution in [2.24, 2.45) is 17.8 Å². The first kappa shape index (κ1) is 21.4. The van der Waals surface area contributed by atoms with Crippen molar-refractivity contribution in [1.82, 2.24) is 19.9 Å². The van der Waals surface area contributed by atoms with Gasteiger partial charge in [-0.3, -0.25) is 4.79 Å². The first-order chi connectivity index (χ1) is 15.2. The Morgan fingerprint density at radius 1 is 1.22 bits per heavy atom. The molecule has 5 rings (SSSR count). The molecular weight excluding hydrogens is 485 g/mol. The van der Waals surface area contributed by atoms with Crippen LogP contribution >= 0.6 is 15.9 Å². The maximum absolute atomic E-state index is 13.9. The number of amides is 1. The lowest BCUT2D eigenvalue weighted by atomic mass is 9.84. The summed E-state index contributed by atoms with van der Waals surface area (Å²) in [4.78, 5) is 17.4. The van der Waals surface area contributed by atoms with Crippen LogP contribution in [0.25, 0.3) is 16.9 Å². The summed E-state index contributed by atoms with van der Waals surface area (Å²) in [6, 6.07) is 9.51. The summed E-state index contributed by atoms with van der Waals surface area (Å²) in [6.45, 7) is 1.97. The maximum Gasteiger partial charge on any atom is 0.433 e. The van der Waals surface area contributed by atoms with Gasteiger partial charge in [-0.1, -0.05) is 36.8 Å². The number of hydrogen-bond acceptors (Lipinski definition) is 3. The van der Waals surface area contributed by atoms with Crippen LogP contribution in [0.2, 0.25) is 0 Å². The summed E-state index contributed by atoms with van der Waals surface area (Å²) in [7, 11) is 0. The van der Waals surface area contributed by atoms with E-state index in [1.165, 1.54) is 19.3 Å². The van der Waals surface area contributed by atoms with Gasteiger partial charge >= 0.3 is 6.18 Å². The molecule has 1 amide bonds. The molecule has 2 aromatic heterocycles. The predicted octanol–water partition coefficient (Wildman–Crippen LogP) is 5.73. The lowest BCUT2D eigenvalue weighted by Gasteiger charge is -2.28. The quantitative estimate of drug-likeness (QED) is 0.491. The predicted molar refractivity (Wildman–Crippen MR) is 117 cm³/mol. The number of fused-ring (bicyclic) bond motifs is 3. The van der Waals surface area contributed by atoms with Gasteiger partial charge in [0.2, 0.25) is 0 Å². The highest BCUT2D eigenvalue weighted by atomic mass is 79.9. The van der Waals surface area contributed by atoms with Gasteiger partial charge in [0.05, 0.1) is 10.2 Å². The maximum atomic E-state index is 13.9. The van der Waals surface area contributed by atoms with Crippen LogP contribution in [0.3, 0.4) is 0 Å². The van der Waals surface area contributed by atoms with E-state index in [2.05, 4.69) is 31.3 Å². The van der Waals surface area contributed by atoms with Crippen molar-refractivity contribution in [2.75, 3.05) is 0 Å². The zero-order valence-electron chi connectivity index (χ0n) is 17.4. The standard InChI is InChI=1S/C23H22BrF3N4O/c1-12(16-10-13-7-8-15(16)9-13)28-22(32)20-19(24)21-29-17(14-5-3-2-4-6-14)11-18(23(25,26)27)31(21)30-20/h2-6,11-13,15-16H,7-10H2,1H3,(H,28,32)/t12-,13-,15-,16-/m1/s1. The van der Waals surface area contributed by atoms with Gasteiger partial charge in [-0.15, -0.1) is 0 Å². The molecule has 5 nitrogen and oxygen atoms in total. The van der Waals surface area contributed by atoms with Gasteiger partial charge in [-0.2, -0.15) is 18.3 Å². The van der Waals surface area contributed by atoms with Gasteiger partial charge in [-0.05, 0) is 65.9 Å². The minimum absolute atomic E-state index is 0.0450. The molecule has 2 bridgehead atoms. The summed E-state index contributed by atoms with van der Waals surface area (Å²) in [5.74, 6) is 1.27. The Morgan fingerprint density at radius 2 is 1.97 bits per heavy atom.